The number of methoxy groups -OCH3 is 3. The number of ether oxygens (including phenoxy) is 6. The van der Waals surface area contributed by atoms with Crippen LogP contribution in [0.4, 0.5) is 5.69 Å². The highest BCUT2D eigenvalue weighted by Gasteiger charge is 2.33. The van der Waals surface area contributed by atoms with Crippen LogP contribution in [0, 0.1) is 17.8 Å². The molecular weight excluding hydrogens is 700 g/mol. The van der Waals surface area contributed by atoms with E-state index in [0.717, 1.165) is 50.5 Å². The van der Waals surface area contributed by atoms with Gasteiger partial charge in [0.05, 0.1) is 40.1 Å². The van der Waals surface area contributed by atoms with Crippen LogP contribution in [-0.4, -0.2) is 76.3 Å². The van der Waals surface area contributed by atoms with Crippen molar-refractivity contribution in [1.82, 2.24) is 5.32 Å². The van der Waals surface area contributed by atoms with Crippen molar-refractivity contribution >= 4 is 17.5 Å². The molecule has 0 aliphatic heterocycles. The fourth-order valence-corrected chi connectivity index (χ4v) is 8.08. The van der Waals surface area contributed by atoms with Gasteiger partial charge in [-0.05, 0) is 89.3 Å². The average Bonchev–Trinajstić information content (AvgIpc) is 3.17. The van der Waals surface area contributed by atoms with E-state index in [1.54, 1.807) is 39.5 Å². The van der Waals surface area contributed by atoms with Crippen LogP contribution in [0.3, 0.4) is 0 Å². The summed E-state index contributed by atoms with van der Waals surface area (Å²) in [5, 5.41) is 6.02. The van der Waals surface area contributed by atoms with E-state index in [9.17, 15) is 9.59 Å². The molecule has 2 amide bonds. The molecule has 0 bridgehead atoms. The summed E-state index contributed by atoms with van der Waals surface area (Å²) in [6, 6.07) is 10.1. The molecule has 4 rings (SSSR count). The third kappa shape index (κ3) is 14.1. The summed E-state index contributed by atoms with van der Waals surface area (Å²) in [6.45, 7) is 8.48. The molecule has 55 heavy (non-hydrogen) atoms. The van der Waals surface area contributed by atoms with Crippen LogP contribution < -0.4 is 41.0 Å². The zero-order valence-electron chi connectivity index (χ0n) is 34.3. The van der Waals surface area contributed by atoms with Crippen LogP contribution in [-0.2, 0) is 25.6 Å². The van der Waals surface area contributed by atoms with Crippen LogP contribution >= 0.6 is 0 Å². The largest absolute Gasteiger partial charge is 0.497 e. The average molecular weight is 769 g/mol. The summed E-state index contributed by atoms with van der Waals surface area (Å²) < 4.78 is 34.9. The molecule has 4 unspecified atom stereocenters. The Balaban J connectivity index is 1.32. The van der Waals surface area contributed by atoms with Gasteiger partial charge in [0.2, 0.25) is 0 Å². The lowest BCUT2D eigenvalue weighted by Crippen LogP contribution is -2.49. The van der Waals surface area contributed by atoms with E-state index in [1.807, 2.05) is 45.9 Å². The summed E-state index contributed by atoms with van der Waals surface area (Å²) >= 11 is 0. The molecule has 2 aliphatic rings. The first kappa shape index (κ1) is 44.1. The second-order valence-corrected chi connectivity index (χ2v) is 16.0. The summed E-state index contributed by atoms with van der Waals surface area (Å²) in [5.74, 6) is 3.20. The fraction of sp³-hybridized carbons (Fsp3) is 0.674. The minimum Gasteiger partial charge on any atom is -0.497 e. The number of anilines is 1. The second kappa shape index (κ2) is 22.2. The fourth-order valence-electron chi connectivity index (χ4n) is 8.08. The van der Waals surface area contributed by atoms with E-state index in [0.29, 0.717) is 59.5 Å². The Bertz CT molecular complexity index is 1460. The van der Waals surface area contributed by atoms with Gasteiger partial charge in [-0.15, -0.1) is 0 Å². The highest BCUT2D eigenvalue weighted by Crippen LogP contribution is 2.34. The number of nitrogens with two attached hydrogens (primary N) is 2. The number of benzene rings is 2. The van der Waals surface area contributed by atoms with Gasteiger partial charge in [0.25, 0.3) is 11.8 Å². The van der Waals surface area contributed by atoms with Crippen molar-refractivity contribution in [3.8, 4) is 23.0 Å². The Morgan fingerprint density at radius 2 is 1.27 bits per heavy atom. The van der Waals surface area contributed by atoms with Gasteiger partial charge in [0.15, 0.2) is 12.2 Å². The highest BCUT2D eigenvalue weighted by molar-refractivity contribution is 5.95. The van der Waals surface area contributed by atoms with Gasteiger partial charge in [-0.1, -0.05) is 44.9 Å². The minimum atomic E-state index is -0.827. The molecule has 12 heteroatoms. The Morgan fingerprint density at radius 1 is 0.691 bits per heavy atom. The number of hydrogen-bond donors (Lipinski definition) is 4. The van der Waals surface area contributed by atoms with Crippen LogP contribution in [0.15, 0.2) is 36.4 Å². The third-order valence-corrected chi connectivity index (χ3v) is 10.8. The monoisotopic (exact) mass is 769 g/mol. The number of carbonyl (C=O) groups is 2. The van der Waals surface area contributed by atoms with Crippen molar-refractivity contribution < 1.29 is 38.0 Å². The quantitative estimate of drug-likeness (QED) is 0.107. The molecule has 0 saturated heterocycles. The maximum atomic E-state index is 13.5. The highest BCUT2D eigenvalue weighted by atomic mass is 16.5. The summed E-state index contributed by atoms with van der Waals surface area (Å²) in [6.07, 6.45) is 9.71. The van der Waals surface area contributed by atoms with Crippen molar-refractivity contribution in [2.24, 2.45) is 29.2 Å². The van der Waals surface area contributed by atoms with Gasteiger partial charge in [-0.2, -0.15) is 0 Å². The summed E-state index contributed by atoms with van der Waals surface area (Å²) in [4.78, 5) is 27.0. The van der Waals surface area contributed by atoms with Crippen LogP contribution in [0.5, 0.6) is 23.0 Å². The Labute approximate surface area is 329 Å². The number of rotatable bonds is 21. The third-order valence-electron chi connectivity index (χ3n) is 10.8. The lowest BCUT2D eigenvalue weighted by Gasteiger charge is -2.33. The first-order valence-electron chi connectivity index (χ1n) is 20.3. The predicted molar refractivity (Wildman–Crippen MR) is 216 cm³/mol. The topological polar surface area (TPSA) is 166 Å². The van der Waals surface area contributed by atoms with E-state index in [2.05, 4.69) is 10.6 Å². The Hall–Kier alpha value is -3.58. The van der Waals surface area contributed by atoms with Gasteiger partial charge >= 0.3 is 0 Å². The number of carbonyl (C=O) groups excluding carboxylic acids is 2. The lowest BCUT2D eigenvalue weighted by atomic mass is 9.78. The van der Waals surface area contributed by atoms with E-state index < -0.39 is 18.2 Å². The maximum Gasteiger partial charge on any atom is 0.255 e. The van der Waals surface area contributed by atoms with Gasteiger partial charge < -0.3 is 50.5 Å². The Morgan fingerprint density at radius 3 is 1.87 bits per heavy atom. The standard InChI is InChI=1S/C43H68N4O8/c1-27(2)54-40(37(44)19-29-12-9-8-10-13-29)42(48)46-25-32-21-34(16-17-39(32)52-7)53-26-31-15-11-14-30(18-31)20-38(45)41(55-28(3)4)43(49)47-33-22-35(50-5)24-36(23-33)51-6/h16-17,21-24,27-31,37-38,40-41H,8-15,18-20,25-26,44-45H2,1-7H3,(H,46,48)(H,47,49)/t30?,31?,37-,38-,40?,41?/m1/s1. The first-order chi connectivity index (χ1) is 26.4. The molecule has 6 atom stereocenters. The molecule has 0 radical (unpaired) electrons. The molecule has 2 saturated carbocycles. The Kier molecular flexibility index (Phi) is 17.8. The molecule has 308 valence electrons. The first-order valence-corrected chi connectivity index (χ1v) is 20.3. The molecular formula is C43H68N4O8. The molecule has 2 aromatic rings. The summed E-state index contributed by atoms with van der Waals surface area (Å²) in [5.41, 5.74) is 14.7. The van der Waals surface area contributed by atoms with Crippen LogP contribution in [0.2, 0.25) is 0 Å². The van der Waals surface area contributed by atoms with Gasteiger partial charge in [0.1, 0.15) is 23.0 Å². The number of hydrogen-bond acceptors (Lipinski definition) is 10. The normalized spacial score (nSPS) is 20.0. The van der Waals surface area contributed by atoms with Crippen LogP contribution in [0.1, 0.15) is 104 Å². The SMILES string of the molecule is COc1cc(NC(=O)C(OC(C)C)[C@H](N)CC2CCCC(COc3ccc(OC)c(CNC(=O)C(OC(C)C)[C@H](N)CC4CCCCC4)c3)C2)cc(OC)c1. The predicted octanol–water partition coefficient (Wildman–Crippen LogP) is 6.75. The van der Waals surface area contributed by atoms with Crippen LogP contribution in [0.25, 0.3) is 0 Å². The van der Waals surface area contributed by atoms with Crippen molar-refractivity contribution in [2.75, 3.05) is 33.3 Å². The van der Waals surface area contributed by atoms with Gasteiger partial charge in [-0.3, -0.25) is 9.59 Å². The number of nitrogens with one attached hydrogen (secondary N) is 2. The molecule has 2 fully saturated rings. The second-order valence-electron chi connectivity index (χ2n) is 16.0. The molecule has 0 spiro atoms. The number of amides is 2. The molecule has 0 heterocycles. The maximum absolute atomic E-state index is 13.5. The van der Waals surface area contributed by atoms with E-state index in [4.69, 9.17) is 39.9 Å². The molecule has 2 aliphatic carbocycles. The van der Waals surface area contributed by atoms with Crippen molar-refractivity contribution in [3.05, 3.63) is 42.0 Å². The van der Waals surface area contributed by atoms with Crippen molar-refractivity contribution in [2.45, 2.75) is 141 Å². The van der Waals surface area contributed by atoms with Crippen molar-refractivity contribution in [3.63, 3.8) is 0 Å². The van der Waals surface area contributed by atoms with E-state index >= 15 is 0 Å². The molecule has 0 aromatic heterocycles. The minimum absolute atomic E-state index is 0.126. The zero-order valence-corrected chi connectivity index (χ0v) is 34.3. The lowest BCUT2D eigenvalue weighted by molar-refractivity contribution is -0.137. The van der Waals surface area contributed by atoms with E-state index in [1.165, 1.54) is 19.3 Å². The zero-order chi connectivity index (χ0) is 39.9. The smallest absolute Gasteiger partial charge is 0.255 e. The van der Waals surface area contributed by atoms with E-state index in [-0.39, 0.29) is 36.6 Å². The molecule has 2 aromatic carbocycles. The summed E-state index contributed by atoms with van der Waals surface area (Å²) in [7, 11) is 4.75. The van der Waals surface area contributed by atoms with Gasteiger partial charge in [-0.25, -0.2) is 0 Å². The van der Waals surface area contributed by atoms with Crippen molar-refractivity contribution in [1.29, 1.82) is 0 Å². The molecule has 6 N–H and O–H groups in total. The van der Waals surface area contributed by atoms with Gasteiger partial charge in [0, 0.05) is 48.1 Å². The molecule has 12 nitrogen and oxygen atoms in total.